The third-order valence-corrected chi connectivity index (χ3v) is 3.80. The molecule has 3 heteroatoms. The van der Waals surface area contributed by atoms with Crippen LogP contribution < -0.4 is 0 Å². The van der Waals surface area contributed by atoms with Crippen LogP contribution in [0.3, 0.4) is 0 Å². The number of hydrogen-bond acceptors (Lipinski definition) is 3. The molecule has 0 spiro atoms. The molecule has 0 aromatic heterocycles. The fourth-order valence-electron chi connectivity index (χ4n) is 2.75. The first-order chi connectivity index (χ1) is 9.79. The Bertz CT molecular complexity index is 567. The van der Waals surface area contributed by atoms with Gasteiger partial charge in [0.15, 0.2) is 0 Å². The normalized spacial score (nSPS) is 25.8. The summed E-state index contributed by atoms with van der Waals surface area (Å²) in [6.45, 7) is -0.148. The Kier molecular flexibility index (Phi) is 3.83. The van der Waals surface area contributed by atoms with Gasteiger partial charge < -0.3 is 14.9 Å². The second-order valence-corrected chi connectivity index (χ2v) is 5.10. The lowest BCUT2D eigenvalue weighted by Gasteiger charge is -2.16. The van der Waals surface area contributed by atoms with Gasteiger partial charge in [-0.05, 0) is 16.7 Å². The van der Waals surface area contributed by atoms with E-state index in [9.17, 15) is 10.2 Å². The highest BCUT2D eigenvalue weighted by Crippen LogP contribution is 2.37. The summed E-state index contributed by atoms with van der Waals surface area (Å²) in [4.78, 5) is 0. The smallest absolute Gasteiger partial charge is 0.107 e. The maximum absolute atomic E-state index is 9.90. The molecule has 2 aromatic rings. The van der Waals surface area contributed by atoms with Crippen LogP contribution in [0.1, 0.15) is 18.1 Å². The monoisotopic (exact) mass is 270 g/mol. The van der Waals surface area contributed by atoms with Gasteiger partial charge >= 0.3 is 0 Å². The summed E-state index contributed by atoms with van der Waals surface area (Å²) in [5.74, 6) is 0. The van der Waals surface area contributed by atoms with Gasteiger partial charge in [0.25, 0.3) is 0 Å². The predicted molar refractivity (Wildman–Crippen MR) is 77.2 cm³/mol. The minimum absolute atomic E-state index is 0.148. The summed E-state index contributed by atoms with van der Waals surface area (Å²) in [7, 11) is 0. The van der Waals surface area contributed by atoms with Crippen molar-refractivity contribution < 1.29 is 14.9 Å². The summed E-state index contributed by atoms with van der Waals surface area (Å²) in [6, 6.07) is 18.2. The van der Waals surface area contributed by atoms with Crippen molar-refractivity contribution in [1.82, 2.24) is 0 Å². The first-order valence-corrected chi connectivity index (χ1v) is 6.88. The average Bonchev–Trinajstić information content (AvgIpc) is 2.89. The van der Waals surface area contributed by atoms with E-state index >= 15 is 0 Å². The number of benzene rings is 2. The topological polar surface area (TPSA) is 49.7 Å². The lowest BCUT2D eigenvalue weighted by molar-refractivity contribution is -0.0224. The van der Waals surface area contributed by atoms with Crippen LogP contribution in [-0.2, 0) is 4.74 Å². The summed E-state index contributed by atoms with van der Waals surface area (Å²) < 4.78 is 5.77. The average molecular weight is 270 g/mol. The second-order valence-electron chi connectivity index (χ2n) is 5.10. The second kappa shape index (κ2) is 5.75. The van der Waals surface area contributed by atoms with Crippen molar-refractivity contribution in [2.24, 2.45) is 0 Å². The van der Waals surface area contributed by atoms with E-state index in [1.807, 2.05) is 36.4 Å². The van der Waals surface area contributed by atoms with E-state index < -0.39 is 12.2 Å². The van der Waals surface area contributed by atoms with Crippen molar-refractivity contribution in [2.75, 3.05) is 6.61 Å². The number of aliphatic hydroxyl groups is 2. The molecular weight excluding hydrogens is 252 g/mol. The molecule has 1 fully saturated rings. The summed E-state index contributed by atoms with van der Waals surface area (Å²) in [5, 5.41) is 19.1. The Morgan fingerprint density at radius 1 is 1.00 bits per heavy atom. The largest absolute Gasteiger partial charge is 0.394 e. The zero-order valence-electron chi connectivity index (χ0n) is 11.1. The van der Waals surface area contributed by atoms with Gasteiger partial charge in [0.1, 0.15) is 6.10 Å². The maximum Gasteiger partial charge on any atom is 0.107 e. The van der Waals surface area contributed by atoms with Gasteiger partial charge in [-0.3, -0.25) is 0 Å². The van der Waals surface area contributed by atoms with Gasteiger partial charge in [0.05, 0.1) is 18.8 Å². The molecule has 0 aliphatic carbocycles. The number of rotatable bonds is 3. The van der Waals surface area contributed by atoms with E-state index in [1.165, 1.54) is 0 Å². The highest BCUT2D eigenvalue weighted by atomic mass is 16.5. The predicted octanol–water partition coefficient (Wildman–Crippen LogP) is 2.54. The molecule has 3 nitrogen and oxygen atoms in total. The van der Waals surface area contributed by atoms with Crippen LogP contribution in [0.5, 0.6) is 0 Å². The molecule has 20 heavy (non-hydrogen) atoms. The molecule has 3 rings (SSSR count). The van der Waals surface area contributed by atoms with E-state index in [4.69, 9.17) is 4.74 Å². The molecule has 1 aliphatic heterocycles. The standard InChI is InChI=1S/C17H18O3/c18-11-17-15(19)10-16(20-17)14-9-5-4-8-13(14)12-6-2-1-3-7-12/h1-9,15-19H,10-11H2/t15-,16-,17+/m0/s1. The zero-order valence-corrected chi connectivity index (χ0v) is 11.1. The molecule has 0 amide bonds. The number of hydrogen-bond donors (Lipinski definition) is 2. The van der Waals surface area contributed by atoms with Crippen LogP contribution in [-0.4, -0.2) is 29.0 Å². The van der Waals surface area contributed by atoms with Crippen LogP contribution >= 0.6 is 0 Å². The fourth-order valence-corrected chi connectivity index (χ4v) is 2.75. The van der Waals surface area contributed by atoms with Gasteiger partial charge in [-0.1, -0.05) is 54.6 Å². The molecule has 104 valence electrons. The first kappa shape index (κ1) is 13.3. The SMILES string of the molecule is OC[C@H]1O[C@H](c2ccccc2-c2ccccc2)C[C@@H]1O. The van der Waals surface area contributed by atoms with Crippen LogP contribution in [0.25, 0.3) is 11.1 Å². The Labute approximate surface area is 118 Å². The van der Waals surface area contributed by atoms with E-state index in [2.05, 4.69) is 18.2 Å². The molecule has 2 N–H and O–H groups in total. The molecule has 1 heterocycles. The number of ether oxygens (including phenoxy) is 1. The minimum Gasteiger partial charge on any atom is -0.394 e. The Balaban J connectivity index is 1.95. The third kappa shape index (κ3) is 2.48. The molecule has 0 saturated carbocycles. The van der Waals surface area contributed by atoms with Crippen molar-refractivity contribution in [3.8, 4) is 11.1 Å². The Morgan fingerprint density at radius 3 is 2.40 bits per heavy atom. The summed E-state index contributed by atoms with van der Waals surface area (Å²) >= 11 is 0. The van der Waals surface area contributed by atoms with Crippen LogP contribution in [0.2, 0.25) is 0 Å². The molecular formula is C17H18O3. The lowest BCUT2D eigenvalue weighted by Crippen LogP contribution is -2.24. The zero-order chi connectivity index (χ0) is 13.9. The van der Waals surface area contributed by atoms with E-state index in [1.54, 1.807) is 0 Å². The van der Waals surface area contributed by atoms with Crippen molar-refractivity contribution in [3.05, 3.63) is 60.2 Å². The van der Waals surface area contributed by atoms with Crippen LogP contribution in [0, 0.1) is 0 Å². The quantitative estimate of drug-likeness (QED) is 0.901. The van der Waals surface area contributed by atoms with Crippen LogP contribution in [0.15, 0.2) is 54.6 Å². The number of aliphatic hydroxyl groups excluding tert-OH is 2. The molecule has 1 aliphatic rings. The van der Waals surface area contributed by atoms with E-state index in [-0.39, 0.29) is 12.7 Å². The van der Waals surface area contributed by atoms with E-state index in [0.29, 0.717) is 6.42 Å². The third-order valence-electron chi connectivity index (χ3n) is 3.80. The molecule has 2 aromatic carbocycles. The molecule has 0 radical (unpaired) electrons. The van der Waals surface area contributed by atoms with Gasteiger partial charge in [-0.15, -0.1) is 0 Å². The van der Waals surface area contributed by atoms with Crippen molar-refractivity contribution in [2.45, 2.75) is 24.7 Å². The van der Waals surface area contributed by atoms with Gasteiger partial charge in [0, 0.05) is 6.42 Å². The molecule has 1 saturated heterocycles. The fraction of sp³-hybridized carbons (Fsp3) is 0.294. The first-order valence-electron chi connectivity index (χ1n) is 6.88. The van der Waals surface area contributed by atoms with E-state index in [0.717, 1.165) is 16.7 Å². The Hall–Kier alpha value is -1.68. The van der Waals surface area contributed by atoms with Crippen LogP contribution in [0.4, 0.5) is 0 Å². The lowest BCUT2D eigenvalue weighted by atomic mass is 9.94. The van der Waals surface area contributed by atoms with Gasteiger partial charge in [-0.25, -0.2) is 0 Å². The van der Waals surface area contributed by atoms with Crippen molar-refractivity contribution in [1.29, 1.82) is 0 Å². The summed E-state index contributed by atoms with van der Waals surface area (Å²) in [6.07, 6.45) is -0.731. The minimum atomic E-state index is -0.603. The molecule has 0 unspecified atom stereocenters. The Morgan fingerprint density at radius 2 is 1.70 bits per heavy atom. The van der Waals surface area contributed by atoms with Gasteiger partial charge in [-0.2, -0.15) is 0 Å². The molecule has 0 bridgehead atoms. The highest BCUT2D eigenvalue weighted by Gasteiger charge is 2.35. The molecule has 3 atom stereocenters. The highest BCUT2D eigenvalue weighted by molar-refractivity contribution is 5.67. The van der Waals surface area contributed by atoms with Crippen molar-refractivity contribution >= 4 is 0 Å². The maximum atomic E-state index is 9.90. The van der Waals surface area contributed by atoms with Gasteiger partial charge in [0.2, 0.25) is 0 Å². The summed E-state index contributed by atoms with van der Waals surface area (Å²) in [5.41, 5.74) is 3.31. The van der Waals surface area contributed by atoms with Crippen molar-refractivity contribution in [3.63, 3.8) is 0 Å².